The molecule has 1 fully saturated rings. The van der Waals surface area contributed by atoms with Crippen molar-refractivity contribution in [2.24, 2.45) is 5.92 Å². The maximum absolute atomic E-state index is 11.0. The molecule has 0 amide bonds. The normalized spacial score (nSPS) is 25.4. The van der Waals surface area contributed by atoms with Gasteiger partial charge in [0.25, 0.3) is 0 Å². The molecule has 0 unspecified atom stereocenters. The Morgan fingerprint density at radius 1 is 1.53 bits per heavy atom. The van der Waals surface area contributed by atoms with Crippen LogP contribution in [0.2, 0.25) is 5.02 Å². The Bertz CT molecular complexity index is 366. The van der Waals surface area contributed by atoms with Gasteiger partial charge in [-0.2, -0.15) is 0 Å². The number of rotatable bonds is 2. The van der Waals surface area contributed by atoms with Crippen LogP contribution in [0.15, 0.2) is 18.3 Å². The predicted molar refractivity (Wildman–Crippen MR) is 56.0 cm³/mol. The third kappa shape index (κ3) is 2.11. The smallest absolute Gasteiger partial charge is 0.308 e. The highest BCUT2D eigenvalue weighted by Crippen LogP contribution is 2.27. The average Bonchev–Trinajstić information content (AvgIpc) is 2.67. The lowest BCUT2D eigenvalue weighted by Gasteiger charge is -2.13. The summed E-state index contributed by atoms with van der Waals surface area (Å²) >= 11 is 5.72. The number of aromatic nitrogens is 1. The Morgan fingerprint density at radius 3 is 2.93 bits per heavy atom. The molecule has 4 nitrogen and oxygen atoms in total. The molecule has 2 heterocycles. The van der Waals surface area contributed by atoms with Crippen LogP contribution in [0.3, 0.4) is 0 Å². The van der Waals surface area contributed by atoms with Gasteiger partial charge in [-0.3, -0.25) is 9.78 Å². The molecule has 80 valence electrons. The van der Waals surface area contributed by atoms with Crippen molar-refractivity contribution in [1.82, 2.24) is 10.3 Å². The van der Waals surface area contributed by atoms with Crippen LogP contribution in [0.1, 0.15) is 11.6 Å². The summed E-state index contributed by atoms with van der Waals surface area (Å²) in [7, 11) is 0. The second-order valence-electron chi connectivity index (χ2n) is 3.61. The summed E-state index contributed by atoms with van der Waals surface area (Å²) in [4.78, 5) is 15.1. The van der Waals surface area contributed by atoms with Gasteiger partial charge in [0.2, 0.25) is 0 Å². The number of hydrogen-bond acceptors (Lipinski definition) is 3. The van der Waals surface area contributed by atoms with E-state index >= 15 is 0 Å². The van der Waals surface area contributed by atoms with Gasteiger partial charge in [0.15, 0.2) is 0 Å². The molecule has 0 aliphatic carbocycles. The molecule has 2 N–H and O–H groups in total. The van der Waals surface area contributed by atoms with Crippen LogP contribution in [-0.2, 0) is 4.79 Å². The Kier molecular flexibility index (Phi) is 2.88. The van der Waals surface area contributed by atoms with Crippen molar-refractivity contribution < 1.29 is 9.90 Å². The molecular formula is C10H11ClN2O2. The van der Waals surface area contributed by atoms with Crippen molar-refractivity contribution >= 4 is 17.6 Å². The zero-order valence-electron chi connectivity index (χ0n) is 7.98. The predicted octanol–water partition coefficient (Wildman–Crippen LogP) is 1.12. The molecule has 0 bridgehead atoms. The van der Waals surface area contributed by atoms with E-state index in [4.69, 9.17) is 16.7 Å². The molecule has 1 aromatic heterocycles. The minimum absolute atomic E-state index is 0.0558. The van der Waals surface area contributed by atoms with Crippen LogP contribution < -0.4 is 5.32 Å². The molecule has 0 saturated carbocycles. The van der Waals surface area contributed by atoms with Gasteiger partial charge in [-0.25, -0.2) is 0 Å². The number of carboxylic acid groups (broad SMARTS) is 1. The Morgan fingerprint density at radius 2 is 2.33 bits per heavy atom. The van der Waals surface area contributed by atoms with E-state index < -0.39 is 11.9 Å². The largest absolute Gasteiger partial charge is 0.481 e. The van der Waals surface area contributed by atoms with Crippen molar-refractivity contribution in [3.8, 4) is 0 Å². The van der Waals surface area contributed by atoms with Crippen molar-refractivity contribution in [2.75, 3.05) is 13.1 Å². The summed E-state index contributed by atoms with van der Waals surface area (Å²) in [6, 6.07) is 3.52. The standard InChI is InChI=1S/C10H11ClN2O2/c11-6-1-2-9(13-3-6)7-4-12-5-8(7)10(14)15/h1-3,7-8,12H,4-5H2,(H,14,15)/t7-,8-/m1/s1. The fraction of sp³-hybridized carbons (Fsp3) is 0.400. The van der Waals surface area contributed by atoms with Gasteiger partial charge in [0, 0.05) is 30.9 Å². The van der Waals surface area contributed by atoms with Gasteiger partial charge in [-0.1, -0.05) is 11.6 Å². The molecule has 15 heavy (non-hydrogen) atoms. The van der Waals surface area contributed by atoms with E-state index in [-0.39, 0.29) is 5.92 Å². The van der Waals surface area contributed by atoms with Crippen LogP contribution in [0.5, 0.6) is 0 Å². The maximum Gasteiger partial charge on any atom is 0.308 e. The second kappa shape index (κ2) is 4.16. The number of carbonyl (C=O) groups is 1. The van der Waals surface area contributed by atoms with Crippen LogP contribution in [-0.4, -0.2) is 29.1 Å². The summed E-state index contributed by atoms with van der Waals surface area (Å²) in [5.74, 6) is -1.22. The third-order valence-electron chi connectivity index (χ3n) is 2.66. The third-order valence-corrected chi connectivity index (χ3v) is 2.89. The molecule has 0 spiro atoms. The number of hydrogen-bond donors (Lipinski definition) is 2. The van der Waals surface area contributed by atoms with Crippen molar-refractivity contribution in [1.29, 1.82) is 0 Å². The molecule has 2 rings (SSSR count). The quantitative estimate of drug-likeness (QED) is 0.794. The number of nitrogens with one attached hydrogen (secondary N) is 1. The van der Waals surface area contributed by atoms with E-state index in [1.165, 1.54) is 0 Å². The molecule has 1 saturated heterocycles. The molecule has 1 aliphatic rings. The first-order valence-electron chi connectivity index (χ1n) is 4.73. The lowest BCUT2D eigenvalue weighted by Crippen LogP contribution is -2.21. The van der Waals surface area contributed by atoms with Gasteiger partial charge < -0.3 is 10.4 Å². The zero-order valence-corrected chi connectivity index (χ0v) is 8.74. The molecular weight excluding hydrogens is 216 g/mol. The first-order chi connectivity index (χ1) is 7.18. The SMILES string of the molecule is O=C(O)[C@@H]1CNC[C@H]1c1ccc(Cl)cn1. The summed E-state index contributed by atoms with van der Waals surface area (Å²) in [5, 5.41) is 12.6. The van der Waals surface area contributed by atoms with E-state index in [0.717, 1.165) is 5.69 Å². The highest BCUT2D eigenvalue weighted by Gasteiger charge is 2.34. The van der Waals surface area contributed by atoms with E-state index in [2.05, 4.69) is 10.3 Å². The van der Waals surface area contributed by atoms with Gasteiger partial charge in [-0.05, 0) is 12.1 Å². The van der Waals surface area contributed by atoms with Crippen LogP contribution in [0.25, 0.3) is 0 Å². The van der Waals surface area contributed by atoms with Crippen molar-refractivity contribution in [3.05, 3.63) is 29.0 Å². The maximum atomic E-state index is 11.0. The van der Waals surface area contributed by atoms with E-state index in [0.29, 0.717) is 18.1 Å². The number of carboxylic acids is 1. The molecule has 0 aromatic carbocycles. The fourth-order valence-corrected chi connectivity index (χ4v) is 1.97. The highest BCUT2D eigenvalue weighted by atomic mass is 35.5. The van der Waals surface area contributed by atoms with Crippen molar-refractivity contribution in [3.63, 3.8) is 0 Å². The van der Waals surface area contributed by atoms with Gasteiger partial charge in [-0.15, -0.1) is 0 Å². The lowest BCUT2D eigenvalue weighted by molar-refractivity contribution is -0.141. The number of nitrogens with zero attached hydrogens (tertiary/aromatic N) is 1. The lowest BCUT2D eigenvalue weighted by atomic mass is 9.93. The molecule has 0 radical (unpaired) electrons. The Balaban J connectivity index is 2.22. The average molecular weight is 227 g/mol. The second-order valence-corrected chi connectivity index (χ2v) is 4.05. The fourth-order valence-electron chi connectivity index (χ4n) is 1.86. The van der Waals surface area contributed by atoms with E-state index in [1.54, 1.807) is 18.3 Å². The summed E-state index contributed by atoms with van der Waals surface area (Å²) < 4.78 is 0. The van der Waals surface area contributed by atoms with Gasteiger partial charge >= 0.3 is 5.97 Å². The summed E-state index contributed by atoms with van der Waals surface area (Å²) in [6.07, 6.45) is 1.55. The molecule has 5 heteroatoms. The minimum atomic E-state index is -0.776. The Hall–Kier alpha value is -1.13. The Labute approximate surface area is 92.3 Å². The molecule has 1 aromatic rings. The first kappa shape index (κ1) is 10.4. The monoisotopic (exact) mass is 226 g/mol. The van der Waals surface area contributed by atoms with Crippen LogP contribution in [0.4, 0.5) is 0 Å². The minimum Gasteiger partial charge on any atom is -0.481 e. The van der Waals surface area contributed by atoms with Crippen LogP contribution in [0, 0.1) is 5.92 Å². The van der Waals surface area contributed by atoms with E-state index in [9.17, 15) is 4.79 Å². The van der Waals surface area contributed by atoms with Crippen molar-refractivity contribution in [2.45, 2.75) is 5.92 Å². The number of pyridine rings is 1. The summed E-state index contributed by atoms with van der Waals surface area (Å²) in [5.41, 5.74) is 0.789. The topological polar surface area (TPSA) is 62.2 Å². The number of aliphatic carboxylic acids is 1. The van der Waals surface area contributed by atoms with Gasteiger partial charge in [0.05, 0.1) is 10.9 Å². The molecule has 1 aliphatic heterocycles. The number of halogens is 1. The van der Waals surface area contributed by atoms with E-state index in [1.807, 2.05) is 0 Å². The first-order valence-corrected chi connectivity index (χ1v) is 5.11. The van der Waals surface area contributed by atoms with Crippen LogP contribution >= 0.6 is 11.6 Å². The van der Waals surface area contributed by atoms with Gasteiger partial charge in [0.1, 0.15) is 0 Å². The molecule has 2 atom stereocenters. The highest BCUT2D eigenvalue weighted by molar-refractivity contribution is 6.30. The summed E-state index contributed by atoms with van der Waals surface area (Å²) in [6.45, 7) is 1.16. The zero-order chi connectivity index (χ0) is 10.8.